The zero-order chi connectivity index (χ0) is 13.8. The highest BCUT2D eigenvalue weighted by molar-refractivity contribution is 7.09. The molecule has 2 heterocycles. The van der Waals surface area contributed by atoms with Gasteiger partial charge in [0, 0.05) is 23.6 Å². The standard InChI is InChI=1S/C13H19N5S/c1-4-5-10-17-11(14)8(2)12(18-10)16-9(3)13-15-6-7-19-13/h6-7,9H,4-5H2,1-3H3,(H3,14,16,17,18). The number of nitrogens with one attached hydrogen (secondary N) is 1. The molecule has 0 fully saturated rings. The molecular formula is C13H19N5S. The van der Waals surface area contributed by atoms with Crippen LogP contribution in [0.5, 0.6) is 0 Å². The fourth-order valence-corrected chi connectivity index (χ4v) is 2.42. The second kappa shape index (κ2) is 5.97. The van der Waals surface area contributed by atoms with Gasteiger partial charge in [-0.3, -0.25) is 0 Å². The summed E-state index contributed by atoms with van der Waals surface area (Å²) in [5.74, 6) is 2.14. The Morgan fingerprint density at radius 2 is 2.21 bits per heavy atom. The minimum Gasteiger partial charge on any atom is -0.383 e. The normalized spacial score (nSPS) is 12.4. The second-order valence-electron chi connectivity index (χ2n) is 4.49. The molecule has 0 aromatic carbocycles. The smallest absolute Gasteiger partial charge is 0.135 e. The highest BCUT2D eigenvalue weighted by Crippen LogP contribution is 2.24. The lowest BCUT2D eigenvalue weighted by Gasteiger charge is -2.15. The Morgan fingerprint density at radius 1 is 1.42 bits per heavy atom. The molecule has 102 valence electrons. The van der Waals surface area contributed by atoms with Crippen LogP contribution in [0.1, 0.15) is 42.7 Å². The van der Waals surface area contributed by atoms with Crippen molar-refractivity contribution in [2.75, 3.05) is 11.1 Å². The number of nitrogen functional groups attached to an aromatic ring is 1. The zero-order valence-corrected chi connectivity index (χ0v) is 12.3. The number of aromatic nitrogens is 3. The van der Waals surface area contributed by atoms with Crippen molar-refractivity contribution in [3.8, 4) is 0 Å². The molecule has 0 saturated heterocycles. The van der Waals surface area contributed by atoms with Crippen LogP contribution >= 0.6 is 11.3 Å². The summed E-state index contributed by atoms with van der Waals surface area (Å²) in [6.07, 6.45) is 3.65. The van der Waals surface area contributed by atoms with Gasteiger partial charge in [0.05, 0.1) is 6.04 Å². The number of rotatable bonds is 5. The molecule has 0 aliphatic rings. The third-order valence-electron chi connectivity index (χ3n) is 2.88. The lowest BCUT2D eigenvalue weighted by atomic mass is 10.2. The molecule has 0 aliphatic heterocycles. The average molecular weight is 277 g/mol. The van der Waals surface area contributed by atoms with Crippen molar-refractivity contribution in [3.63, 3.8) is 0 Å². The van der Waals surface area contributed by atoms with Gasteiger partial charge in [0.1, 0.15) is 22.5 Å². The molecule has 0 saturated carbocycles. The Morgan fingerprint density at radius 3 is 2.84 bits per heavy atom. The van der Waals surface area contributed by atoms with Crippen molar-refractivity contribution in [2.24, 2.45) is 0 Å². The van der Waals surface area contributed by atoms with Crippen LogP contribution in [0.3, 0.4) is 0 Å². The van der Waals surface area contributed by atoms with Crippen molar-refractivity contribution in [3.05, 3.63) is 28.0 Å². The highest BCUT2D eigenvalue weighted by Gasteiger charge is 2.13. The minimum atomic E-state index is 0.113. The van der Waals surface area contributed by atoms with E-state index in [1.54, 1.807) is 11.3 Å². The molecule has 2 aromatic rings. The summed E-state index contributed by atoms with van der Waals surface area (Å²) >= 11 is 1.63. The van der Waals surface area contributed by atoms with Gasteiger partial charge >= 0.3 is 0 Å². The van der Waals surface area contributed by atoms with Crippen molar-refractivity contribution < 1.29 is 0 Å². The number of nitrogens with two attached hydrogens (primary N) is 1. The Hall–Kier alpha value is -1.69. The van der Waals surface area contributed by atoms with Crippen LogP contribution in [-0.2, 0) is 6.42 Å². The van der Waals surface area contributed by atoms with E-state index in [1.807, 2.05) is 18.5 Å². The quantitative estimate of drug-likeness (QED) is 0.878. The summed E-state index contributed by atoms with van der Waals surface area (Å²) in [6, 6.07) is 0.113. The molecule has 2 aromatic heterocycles. The Bertz CT molecular complexity index is 538. The third-order valence-corrected chi connectivity index (χ3v) is 3.84. The first-order valence-electron chi connectivity index (χ1n) is 6.40. The van der Waals surface area contributed by atoms with E-state index in [0.29, 0.717) is 5.82 Å². The summed E-state index contributed by atoms with van der Waals surface area (Å²) in [4.78, 5) is 13.2. The average Bonchev–Trinajstić information content (AvgIpc) is 2.89. The largest absolute Gasteiger partial charge is 0.383 e. The Kier molecular flexibility index (Phi) is 4.31. The van der Waals surface area contributed by atoms with Crippen LogP contribution in [0.2, 0.25) is 0 Å². The summed E-state index contributed by atoms with van der Waals surface area (Å²) in [6.45, 7) is 6.10. The highest BCUT2D eigenvalue weighted by atomic mass is 32.1. The van der Waals surface area contributed by atoms with E-state index in [1.165, 1.54) is 0 Å². The lowest BCUT2D eigenvalue weighted by Crippen LogP contribution is -2.12. The molecule has 3 N–H and O–H groups in total. The number of anilines is 2. The van der Waals surface area contributed by atoms with Crippen LogP contribution in [-0.4, -0.2) is 15.0 Å². The van der Waals surface area contributed by atoms with Crippen LogP contribution in [0.25, 0.3) is 0 Å². The van der Waals surface area contributed by atoms with E-state index in [0.717, 1.165) is 35.1 Å². The second-order valence-corrected chi connectivity index (χ2v) is 5.41. The fraction of sp³-hybridized carbons (Fsp3) is 0.462. The van der Waals surface area contributed by atoms with E-state index in [9.17, 15) is 0 Å². The number of aryl methyl sites for hydroxylation is 1. The number of nitrogens with zero attached hydrogens (tertiary/aromatic N) is 3. The van der Waals surface area contributed by atoms with Crippen LogP contribution in [0.15, 0.2) is 11.6 Å². The molecular weight excluding hydrogens is 258 g/mol. The van der Waals surface area contributed by atoms with Gasteiger partial charge in [0.2, 0.25) is 0 Å². The molecule has 5 nitrogen and oxygen atoms in total. The topological polar surface area (TPSA) is 76.7 Å². The summed E-state index contributed by atoms with van der Waals surface area (Å²) in [5, 5.41) is 6.37. The van der Waals surface area contributed by atoms with E-state index in [2.05, 4.69) is 34.1 Å². The number of thiazole rings is 1. The molecule has 0 amide bonds. The lowest BCUT2D eigenvalue weighted by molar-refractivity contribution is 0.814. The predicted molar refractivity (Wildman–Crippen MR) is 79.3 cm³/mol. The minimum absolute atomic E-state index is 0.113. The van der Waals surface area contributed by atoms with Crippen molar-refractivity contribution in [1.29, 1.82) is 0 Å². The van der Waals surface area contributed by atoms with Crippen molar-refractivity contribution in [2.45, 2.75) is 39.7 Å². The van der Waals surface area contributed by atoms with Crippen LogP contribution in [0.4, 0.5) is 11.6 Å². The molecule has 1 unspecified atom stereocenters. The monoisotopic (exact) mass is 277 g/mol. The molecule has 19 heavy (non-hydrogen) atoms. The third kappa shape index (κ3) is 3.20. The predicted octanol–water partition coefficient (Wildman–Crippen LogP) is 2.95. The summed E-state index contributed by atoms with van der Waals surface area (Å²) < 4.78 is 0. The van der Waals surface area contributed by atoms with Gasteiger partial charge < -0.3 is 11.1 Å². The Labute approximate surface area is 117 Å². The Balaban J connectivity index is 2.23. The molecule has 6 heteroatoms. The SMILES string of the molecule is CCCc1nc(N)c(C)c(NC(C)c2nccs2)n1. The van der Waals surface area contributed by atoms with Gasteiger partial charge in [0.15, 0.2) is 0 Å². The maximum atomic E-state index is 5.94. The molecule has 0 spiro atoms. The maximum Gasteiger partial charge on any atom is 0.135 e. The van der Waals surface area contributed by atoms with Gasteiger partial charge in [-0.1, -0.05) is 6.92 Å². The van der Waals surface area contributed by atoms with E-state index in [4.69, 9.17) is 5.73 Å². The molecule has 0 aliphatic carbocycles. The summed E-state index contributed by atoms with van der Waals surface area (Å²) in [7, 11) is 0. The molecule has 0 bridgehead atoms. The van der Waals surface area contributed by atoms with Crippen LogP contribution < -0.4 is 11.1 Å². The van der Waals surface area contributed by atoms with Crippen molar-refractivity contribution >= 4 is 23.0 Å². The van der Waals surface area contributed by atoms with Crippen molar-refractivity contribution in [1.82, 2.24) is 15.0 Å². The van der Waals surface area contributed by atoms with Gasteiger partial charge in [-0.25, -0.2) is 15.0 Å². The maximum absolute atomic E-state index is 5.94. The molecule has 0 radical (unpaired) electrons. The first kappa shape index (κ1) is 13.7. The first-order valence-corrected chi connectivity index (χ1v) is 7.28. The number of hydrogen-bond acceptors (Lipinski definition) is 6. The number of hydrogen-bond donors (Lipinski definition) is 2. The van der Waals surface area contributed by atoms with E-state index in [-0.39, 0.29) is 6.04 Å². The van der Waals surface area contributed by atoms with Gasteiger partial charge in [0.25, 0.3) is 0 Å². The first-order chi connectivity index (χ1) is 9.11. The van der Waals surface area contributed by atoms with Gasteiger partial charge in [-0.05, 0) is 20.3 Å². The van der Waals surface area contributed by atoms with E-state index >= 15 is 0 Å². The van der Waals surface area contributed by atoms with Crippen LogP contribution in [0, 0.1) is 6.92 Å². The van der Waals surface area contributed by atoms with Gasteiger partial charge in [-0.2, -0.15) is 0 Å². The van der Waals surface area contributed by atoms with E-state index < -0.39 is 0 Å². The fourth-order valence-electron chi connectivity index (χ4n) is 1.77. The zero-order valence-electron chi connectivity index (χ0n) is 11.5. The molecule has 2 rings (SSSR count). The summed E-state index contributed by atoms with van der Waals surface area (Å²) in [5.41, 5.74) is 6.83. The van der Waals surface area contributed by atoms with Gasteiger partial charge in [-0.15, -0.1) is 11.3 Å². The molecule has 1 atom stereocenters.